The lowest BCUT2D eigenvalue weighted by Gasteiger charge is -2.19. The van der Waals surface area contributed by atoms with E-state index in [4.69, 9.17) is 0 Å². The highest BCUT2D eigenvalue weighted by Gasteiger charge is 2.12. The number of amides is 2. The Hall–Kier alpha value is -2.63. The standard InChI is InChI=1S/C17H19F2N3O/c1-21(2)14-7-4-12(5-8-14)11-22(3)17(23)20-16-9-6-13(18)10-15(16)19/h4-10H,11H2,1-3H3,(H,20,23). The second-order valence-corrected chi connectivity index (χ2v) is 5.47. The number of carbonyl (C=O) groups is 1. The molecule has 1 N–H and O–H groups in total. The summed E-state index contributed by atoms with van der Waals surface area (Å²) < 4.78 is 26.4. The molecule has 0 aromatic heterocycles. The van der Waals surface area contributed by atoms with Crippen LogP contribution in [0.1, 0.15) is 5.56 Å². The fourth-order valence-corrected chi connectivity index (χ4v) is 2.05. The van der Waals surface area contributed by atoms with E-state index in [1.54, 1.807) is 7.05 Å². The number of nitrogens with zero attached hydrogens (tertiary/aromatic N) is 2. The van der Waals surface area contributed by atoms with Crippen LogP contribution in [0.3, 0.4) is 0 Å². The first-order valence-corrected chi connectivity index (χ1v) is 7.10. The number of carbonyl (C=O) groups excluding carboxylic acids is 1. The summed E-state index contributed by atoms with van der Waals surface area (Å²) in [6.07, 6.45) is 0. The maximum absolute atomic E-state index is 13.5. The minimum absolute atomic E-state index is 0.0498. The predicted octanol–water partition coefficient (Wildman–Crippen LogP) is 3.69. The van der Waals surface area contributed by atoms with Crippen LogP contribution in [0, 0.1) is 11.6 Å². The Bertz CT molecular complexity index is 687. The van der Waals surface area contributed by atoms with Gasteiger partial charge in [0, 0.05) is 39.4 Å². The minimum Gasteiger partial charge on any atom is -0.378 e. The van der Waals surface area contributed by atoms with Crippen molar-refractivity contribution in [3.63, 3.8) is 0 Å². The van der Waals surface area contributed by atoms with Crippen molar-refractivity contribution < 1.29 is 13.6 Å². The molecule has 2 aromatic carbocycles. The predicted molar refractivity (Wildman–Crippen MR) is 87.6 cm³/mol. The molecule has 0 aliphatic carbocycles. The quantitative estimate of drug-likeness (QED) is 0.933. The average molecular weight is 319 g/mol. The summed E-state index contributed by atoms with van der Waals surface area (Å²) in [5.41, 5.74) is 1.97. The van der Waals surface area contributed by atoms with Crippen LogP contribution in [0.25, 0.3) is 0 Å². The van der Waals surface area contributed by atoms with Gasteiger partial charge in [0.1, 0.15) is 11.6 Å². The van der Waals surface area contributed by atoms with Crippen molar-refractivity contribution in [2.75, 3.05) is 31.4 Å². The van der Waals surface area contributed by atoms with E-state index < -0.39 is 17.7 Å². The van der Waals surface area contributed by atoms with Gasteiger partial charge in [0.15, 0.2) is 0 Å². The molecule has 0 atom stereocenters. The lowest BCUT2D eigenvalue weighted by molar-refractivity contribution is 0.220. The number of anilines is 2. The Kier molecular flexibility index (Phi) is 5.16. The summed E-state index contributed by atoms with van der Waals surface area (Å²) in [6, 6.07) is 10.3. The maximum Gasteiger partial charge on any atom is 0.321 e. The lowest BCUT2D eigenvalue weighted by atomic mass is 10.2. The molecule has 0 saturated heterocycles. The molecule has 0 bridgehead atoms. The van der Waals surface area contributed by atoms with Gasteiger partial charge >= 0.3 is 6.03 Å². The second-order valence-electron chi connectivity index (χ2n) is 5.47. The highest BCUT2D eigenvalue weighted by atomic mass is 19.1. The SMILES string of the molecule is CN(Cc1ccc(N(C)C)cc1)C(=O)Nc1ccc(F)cc1F. The highest BCUT2D eigenvalue weighted by molar-refractivity contribution is 5.89. The Morgan fingerprint density at radius 3 is 2.26 bits per heavy atom. The van der Waals surface area contributed by atoms with Crippen molar-refractivity contribution in [3.8, 4) is 0 Å². The van der Waals surface area contributed by atoms with Crippen LogP contribution in [0.5, 0.6) is 0 Å². The first kappa shape index (κ1) is 16.7. The number of nitrogens with one attached hydrogen (secondary N) is 1. The molecular weight excluding hydrogens is 300 g/mol. The van der Waals surface area contributed by atoms with Crippen LogP contribution in [0.4, 0.5) is 25.0 Å². The number of rotatable bonds is 4. The summed E-state index contributed by atoms with van der Waals surface area (Å²) in [4.78, 5) is 15.5. The van der Waals surface area contributed by atoms with Crippen molar-refractivity contribution in [1.82, 2.24) is 4.90 Å². The molecule has 0 unspecified atom stereocenters. The van der Waals surface area contributed by atoms with E-state index in [-0.39, 0.29) is 5.69 Å². The van der Waals surface area contributed by atoms with Crippen LogP contribution >= 0.6 is 0 Å². The van der Waals surface area contributed by atoms with E-state index in [1.807, 2.05) is 43.3 Å². The van der Waals surface area contributed by atoms with E-state index in [9.17, 15) is 13.6 Å². The van der Waals surface area contributed by atoms with E-state index in [0.29, 0.717) is 6.54 Å². The smallest absolute Gasteiger partial charge is 0.321 e. The van der Waals surface area contributed by atoms with Gasteiger partial charge in [0.05, 0.1) is 5.69 Å². The van der Waals surface area contributed by atoms with Gasteiger partial charge in [-0.3, -0.25) is 0 Å². The Labute approximate surface area is 134 Å². The third-order valence-corrected chi connectivity index (χ3v) is 3.39. The molecule has 0 aliphatic rings. The molecule has 0 spiro atoms. The van der Waals surface area contributed by atoms with Crippen molar-refractivity contribution in [1.29, 1.82) is 0 Å². The molecule has 0 radical (unpaired) electrons. The fraction of sp³-hybridized carbons (Fsp3) is 0.235. The van der Waals surface area contributed by atoms with E-state index >= 15 is 0 Å². The molecule has 4 nitrogen and oxygen atoms in total. The first-order chi connectivity index (χ1) is 10.9. The second kappa shape index (κ2) is 7.09. The molecule has 122 valence electrons. The number of hydrogen-bond donors (Lipinski definition) is 1. The van der Waals surface area contributed by atoms with Gasteiger partial charge in [-0.1, -0.05) is 12.1 Å². The average Bonchev–Trinajstić information content (AvgIpc) is 2.50. The van der Waals surface area contributed by atoms with E-state index in [0.717, 1.165) is 23.4 Å². The zero-order valence-electron chi connectivity index (χ0n) is 13.3. The highest BCUT2D eigenvalue weighted by Crippen LogP contribution is 2.17. The largest absolute Gasteiger partial charge is 0.378 e. The molecule has 0 heterocycles. The monoisotopic (exact) mass is 319 g/mol. The normalized spacial score (nSPS) is 10.3. The first-order valence-electron chi connectivity index (χ1n) is 7.10. The summed E-state index contributed by atoms with van der Waals surface area (Å²) in [6.45, 7) is 0.377. The topological polar surface area (TPSA) is 35.6 Å². The Balaban J connectivity index is 1.99. The van der Waals surface area contributed by atoms with Crippen LogP contribution < -0.4 is 10.2 Å². The maximum atomic E-state index is 13.5. The van der Waals surface area contributed by atoms with Crippen molar-refractivity contribution in [2.24, 2.45) is 0 Å². The molecule has 23 heavy (non-hydrogen) atoms. The number of urea groups is 1. The van der Waals surface area contributed by atoms with Crippen LogP contribution in [-0.2, 0) is 6.54 Å². The molecule has 2 amide bonds. The number of halogens is 2. The number of hydrogen-bond acceptors (Lipinski definition) is 2. The summed E-state index contributed by atoms with van der Waals surface area (Å²) in [5, 5.41) is 2.42. The van der Waals surface area contributed by atoms with Crippen molar-refractivity contribution >= 4 is 17.4 Å². The van der Waals surface area contributed by atoms with Crippen molar-refractivity contribution in [2.45, 2.75) is 6.54 Å². The van der Waals surface area contributed by atoms with Crippen molar-refractivity contribution in [3.05, 3.63) is 59.7 Å². The van der Waals surface area contributed by atoms with Gasteiger partial charge in [-0.15, -0.1) is 0 Å². The minimum atomic E-state index is -0.804. The van der Waals surface area contributed by atoms with Gasteiger partial charge in [-0.25, -0.2) is 13.6 Å². The summed E-state index contributed by atoms with van der Waals surface area (Å²) in [5.74, 6) is -1.49. The third kappa shape index (κ3) is 4.42. The van der Waals surface area contributed by atoms with Gasteiger partial charge in [-0.05, 0) is 29.8 Å². The molecule has 2 aromatic rings. The molecular formula is C17H19F2N3O. The third-order valence-electron chi connectivity index (χ3n) is 3.39. The van der Waals surface area contributed by atoms with Gasteiger partial charge in [-0.2, -0.15) is 0 Å². The van der Waals surface area contributed by atoms with Crippen LogP contribution in [0.15, 0.2) is 42.5 Å². The fourth-order valence-electron chi connectivity index (χ4n) is 2.05. The molecule has 0 fully saturated rings. The van der Waals surface area contributed by atoms with Gasteiger partial charge in [0.25, 0.3) is 0 Å². The molecule has 0 saturated carbocycles. The molecule has 0 aliphatic heterocycles. The van der Waals surface area contributed by atoms with Crippen LogP contribution in [-0.4, -0.2) is 32.1 Å². The molecule has 6 heteroatoms. The van der Waals surface area contributed by atoms with Gasteiger partial charge in [0.2, 0.25) is 0 Å². The Morgan fingerprint density at radius 2 is 1.70 bits per heavy atom. The lowest BCUT2D eigenvalue weighted by Crippen LogP contribution is -2.31. The van der Waals surface area contributed by atoms with E-state index in [1.165, 1.54) is 11.0 Å². The Morgan fingerprint density at radius 1 is 1.04 bits per heavy atom. The summed E-state index contributed by atoms with van der Waals surface area (Å²) >= 11 is 0. The number of benzene rings is 2. The van der Waals surface area contributed by atoms with E-state index in [2.05, 4.69) is 5.32 Å². The summed E-state index contributed by atoms with van der Waals surface area (Å²) in [7, 11) is 5.51. The van der Waals surface area contributed by atoms with Crippen LogP contribution in [0.2, 0.25) is 0 Å². The van der Waals surface area contributed by atoms with Gasteiger partial charge < -0.3 is 15.1 Å². The molecule has 2 rings (SSSR count). The zero-order valence-corrected chi connectivity index (χ0v) is 13.3. The zero-order chi connectivity index (χ0) is 17.0.